The first-order chi connectivity index (χ1) is 17.3. The molecule has 2 aromatic carbocycles. The fourth-order valence-electron chi connectivity index (χ4n) is 4.44. The molecule has 1 heterocycles. The Kier molecular flexibility index (Phi) is 8.07. The van der Waals surface area contributed by atoms with Gasteiger partial charge in [-0.25, -0.2) is 9.18 Å². The van der Waals surface area contributed by atoms with Crippen molar-refractivity contribution in [3.8, 4) is 0 Å². The van der Waals surface area contributed by atoms with E-state index in [0.29, 0.717) is 31.9 Å². The molecule has 0 unspecified atom stereocenters. The minimum absolute atomic E-state index is 0.0290. The van der Waals surface area contributed by atoms with Crippen LogP contribution in [-0.4, -0.2) is 66.4 Å². The maximum Gasteiger partial charge on any atom is 0.322 e. The van der Waals surface area contributed by atoms with E-state index in [2.05, 4.69) is 15.5 Å². The van der Waals surface area contributed by atoms with E-state index in [1.165, 1.54) is 12.1 Å². The van der Waals surface area contributed by atoms with E-state index in [-0.39, 0.29) is 42.0 Å². The van der Waals surface area contributed by atoms with Gasteiger partial charge in [-0.2, -0.15) is 0 Å². The van der Waals surface area contributed by atoms with E-state index < -0.39 is 5.82 Å². The molecule has 1 saturated heterocycles. The molecule has 2 N–H and O–H groups in total. The number of piperazine rings is 1. The van der Waals surface area contributed by atoms with Crippen molar-refractivity contribution in [2.75, 3.05) is 48.3 Å². The number of para-hydroxylation sites is 1. The van der Waals surface area contributed by atoms with Gasteiger partial charge in [0.1, 0.15) is 12.4 Å². The molecule has 2 aliphatic rings. The van der Waals surface area contributed by atoms with Crippen molar-refractivity contribution >= 4 is 34.9 Å². The van der Waals surface area contributed by atoms with Gasteiger partial charge in [-0.1, -0.05) is 18.6 Å². The number of benzene rings is 2. The predicted octanol–water partition coefficient (Wildman–Crippen LogP) is 4.16. The van der Waals surface area contributed by atoms with Crippen LogP contribution in [0.1, 0.15) is 33.1 Å². The van der Waals surface area contributed by atoms with Crippen molar-refractivity contribution in [1.29, 1.82) is 0 Å². The van der Waals surface area contributed by atoms with E-state index in [0.717, 1.165) is 24.9 Å². The van der Waals surface area contributed by atoms with Crippen molar-refractivity contribution in [3.63, 3.8) is 0 Å². The van der Waals surface area contributed by atoms with Gasteiger partial charge in [0.25, 0.3) is 0 Å². The largest absolute Gasteiger partial charge is 0.368 e. The van der Waals surface area contributed by atoms with Gasteiger partial charge in [0.2, 0.25) is 11.8 Å². The number of rotatable bonds is 7. The topological polar surface area (TPSA) is 85.0 Å². The number of urea groups is 1. The summed E-state index contributed by atoms with van der Waals surface area (Å²) in [4.78, 5) is 43.2. The second kappa shape index (κ2) is 11.4. The molecule has 0 atom stereocenters. The normalized spacial score (nSPS) is 15.9. The fourth-order valence-corrected chi connectivity index (χ4v) is 4.44. The Balaban J connectivity index is 1.26. The first-order valence-electron chi connectivity index (χ1n) is 12.6. The highest BCUT2D eigenvalue weighted by atomic mass is 19.1. The Bertz CT molecular complexity index is 1080. The molecule has 36 heavy (non-hydrogen) atoms. The molecule has 0 radical (unpaired) electrons. The first kappa shape index (κ1) is 25.5. The molecule has 1 aliphatic heterocycles. The summed E-state index contributed by atoms with van der Waals surface area (Å²) in [7, 11) is 0. The third-order valence-electron chi connectivity index (χ3n) is 6.87. The van der Waals surface area contributed by atoms with E-state index in [1.807, 2.05) is 38.1 Å². The molecule has 2 aromatic rings. The average molecular weight is 496 g/mol. The molecular weight excluding hydrogens is 461 g/mol. The van der Waals surface area contributed by atoms with E-state index in [1.54, 1.807) is 21.9 Å². The summed E-state index contributed by atoms with van der Waals surface area (Å²) in [6, 6.07) is 13.3. The molecule has 1 aliphatic carbocycles. The maximum atomic E-state index is 13.8. The Labute approximate surface area is 211 Å². The SMILES string of the molecule is CC(C)N(CC(=O)Nc1ccc(N2CCN(C(=O)Nc3ccccc3F)CC2)cc1)C(=O)C1CCC1. The van der Waals surface area contributed by atoms with Crippen LogP contribution in [0, 0.1) is 11.7 Å². The standard InChI is InChI=1S/C27H34FN5O3/c1-19(2)33(26(35)20-6-5-7-20)18-25(34)29-21-10-12-22(13-11-21)31-14-16-32(17-15-31)27(36)30-24-9-4-3-8-23(24)28/h3-4,8-13,19-20H,5-7,14-18H2,1-2H3,(H,29,34)(H,30,36). The third kappa shape index (κ3) is 6.13. The number of nitrogens with zero attached hydrogens (tertiary/aromatic N) is 3. The summed E-state index contributed by atoms with van der Waals surface area (Å²) in [6.45, 7) is 6.22. The molecule has 9 heteroatoms. The number of anilines is 3. The summed E-state index contributed by atoms with van der Waals surface area (Å²) < 4.78 is 13.8. The van der Waals surface area contributed by atoms with Crippen LogP contribution >= 0.6 is 0 Å². The van der Waals surface area contributed by atoms with Gasteiger partial charge < -0.3 is 25.3 Å². The van der Waals surface area contributed by atoms with Crippen LogP contribution in [-0.2, 0) is 9.59 Å². The second-order valence-electron chi connectivity index (χ2n) is 9.67. The number of halogens is 1. The number of nitrogens with one attached hydrogen (secondary N) is 2. The predicted molar refractivity (Wildman–Crippen MR) is 138 cm³/mol. The van der Waals surface area contributed by atoms with E-state index in [4.69, 9.17) is 0 Å². The summed E-state index contributed by atoms with van der Waals surface area (Å²) >= 11 is 0. The van der Waals surface area contributed by atoms with Crippen LogP contribution in [0.4, 0.5) is 26.2 Å². The van der Waals surface area contributed by atoms with Crippen molar-refractivity contribution in [2.45, 2.75) is 39.2 Å². The minimum atomic E-state index is -0.460. The Morgan fingerprint density at radius 3 is 2.22 bits per heavy atom. The van der Waals surface area contributed by atoms with Gasteiger partial charge in [-0.15, -0.1) is 0 Å². The molecule has 0 spiro atoms. The maximum absolute atomic E-state index is 13.8. The zero-order chi connectivity index (χ0) is 25.7. The highest BCUT2D eigenvalue weighted by Gasteiger charge is 2.31. The molecule has 4 amide bonds. The highest BCUT2D eigenvalue weighted by molar-refractivity contribution is 5.95. The molecule has 0 aromatic heterocycles. The average Bonchev–Trinajstić information content (AvgIpc) is 2.83. The number of carbonyl (C=O) groups excluding carboxylic acids is 3. The number of hydrogen-bond acceptors (Lipinski definition) is 4. The lowest BCUT2D eigenvalue weighted by atomic mass is 9.84. The van der Waals surface area contributed by atoms with Crippen LogP contribution in [0.15, 0.2) is 48.5 Å². The summed E-state index contributed by atoms with van der Waals surface area (Å²) in [6.07, 6.45) is 2.90. The smallest absolute Gasteiger partial charge is 0.322 e. The number of amides is 4. The van der Waals surface area contributed by atoms with Crippen molar-refractivity contribution in [3.05, 3.63) is 54.3 Å². The van der Waals surface area contributed by atoms with Gasteiger partial charge in [0.15, 0.2) is 0 Å². The zero-order valence-corrected chi connectivity index (χ0v) is 20.9. The first-order valence-corrected chi connectivity index (χ1v) is 12.6. The van der Waals surface area contributed by atoms with Gasteiger partial charge in [-0.05, 0) is 63.1 Å². The monoisotopic (exact) mass is 495 g/mol. The summed E-state index contributed by atoms with van der Waals surface area (Å²) in [5, 5.41) is 5.52. The van der Waals surface area contributed by atoms with Crippen LogP contribution in [0.2, 0.25) is 0 Å². The van der Waals surface area contributed by atoms with Crippen LogP contribution in [0.5, 0.6) is 0 Å². The molecule has 0 bridgehead atoms. The van der Waals surface area contributed by atoms with Crippen LogP contribution in [0.25, 0.3) is 0 Å². The van der Waals surface area contributed by atoms with Crippen molar-refractivity contribution in [2.24, 2.45) is 5.92 Å². The van der Waals surface area contributed by atoms with Gasteiger partial charge >= 0.3 is 6.03 Å². The molecule has 8 nitrogen and oxygen atoms in total. The lowest BCUT2D eigenvalue weighted by Crippen LogP contribution is -2.50. The lowest BCUT2D eigenvalue weighted by molar-refractivity contribution is -0.142. The molecule has 2 fully saturated rings. The molecular formula is C27H34FN5O3. The minimum Gasteiger partial charge on any atom is -0.368 e. The second-order valence-corrected chi connectivity index (χ2v) is 9.67. The lowest BCUT2D eigenvalue weighted by Gasteiger charge is -2.36. The molecule has 1 saturated carbocycles. The van der Waals surface area contributed by atoms with Gasteiger partial charge in [0.05, 0.1) is 5.69 Å². The fraction of sp³-hybridized carbons (Fsp3) is 0.444. The van der Waals surface area contributed by atoms with Crippen LogP contribution < -0.4 is 15.5 Å². The Morgan fingerprint density at radius 1 is 0.972 bits per heavy atom. The highest BCUT2D eigenvalue weighted by Crippen LogP contribution is 2.29. The third-order valence-corrected chi connectivity index (χ3v) is 6.87. The number of hydrogen-bond donors (Lipinski definition) is 2. The van der Waals surface area contributed by atoms with Crippen molar-refractivity contribution in [1.82, 2.24) is 9.80 Å². The van der Waals surface area contributed by atoms with Crippen LogP contribution in [0.3, 0.4) is 0 Å². The zero-order valence-electron chi connectivity index (χ0n) is 20.9. The van der Waals surface area contributed by atoms with Gasteiger partial charge in [0, 0.05) is 49.5 Å². The van der Waals surface area contributed by atoms with Crippen molar-refractivity contribution < 1.29 is 18.8 Å². The van der Waals surface area contributed by atoms with E-state index >= 15 is 0 Å². The molecule has 192 valence electrons. The number of carbonyl (C=O) groups is 3. The Hall–Kier alpha value is -3.62. The van der Waals surface area contributed by atoms with E-state index in [9.17, 15) is 18.8 Å². The van der Waals surface area contributed by atoms with Gasteiger partial charge in [-0.3, -0.25) is 9.59 Å². The Morgan fingerprint density at radius 2 is 1.64 bits per heavy atom. The quantitative estimate of drug-likeness (QED) is 0.604. The summed E-state index contributed by atoms with van der Waals surface area (Å²) in [5.41, 5.74) is 1.84. The summed E-state index contributed by atoms with van der Waals surface area (Å²) in [5.74, 6) is -0.536. The molecule has 4 rings (SSSR count).